The fourth-order valence-corrected chi connectivity index (χ4v) is 3.31. The van der Waals surface area contributed by atoms with E-state index < -0.39 is 0 Å². The molecule has 2 rings (SSSR count). The van der Waals surface area contributed by atoms with Crippen LogP contribution in [0.25, 0.3) is 0 Å². The Hall–Kier alpha value is -1.29. The minimum absolute atomic E-state index is 0.107. The fourth-order valence-electron chi connectivity index (χ4n) is 3.31. The lowest BCUT2D eigenvalue weighted by Crippen LogP contribution is -2.41. The first kappa shape index (κ1) is 16.1. The molecular formula is C17H28N2O2. The highest BCUT2D eigenvalue weighted by molar-refractivity contribution is 5.80. The van der Waals surface area contributed by atoms with E-state index in [-0.39, 0.29) is 18.6 Å². The summed E-state index contributed by atoms with van der Waals surface area (Å²) in [5.41, 5.74) is 2.29. The van der Waals surface area contributed by atoms with E-state index in [2.05, 4.69) is 30.5 Å². The third-order valence-electron chi connectivity index (χ3n) is 4.48. The molecule has 0 spiro atoms. The summed E-state index contributed by atoms with van der Waals surface area (Å²) in [6, 6.07) is 4.06. The Bertz CT molecular complexity index is 442. The second-order valence-corrected chi connectivity index (χ2v) is 6.11. The Morgan fingerprint density at radius 3 is 2.33 bits per heavy atom. The molecule has 2 heterocycles. The van der Waals surface area contributed by atoms with Crippen LogP contribution in [-0.4, -0.2) is 40.2 Å². The fraction of sp³-hybridized carbons (Fsp3) is 0.706. The molecule has 0 radical (unpaired) electrons. The molecule has 1 amide bonds. The van der Waals surface area contributed by atoms with Crippen LogP contribution in [-0.2, 0) is 4.79 Å². The maximum Gasteiger partial charge on any atom is 0.245 e. The topological polar surface area (TPSA) is 45.5 Å². The monoisotopic (exact) mass is 292 g/mol. The van der Waals surface area contributed by atoms with E-state index in [4.69, 9.17) is 5.11 Å². The van der Waals surface area contributed by atoms with Crippen molar-refractivity contribution in [1.29, 1.82) is 0 Å². The lowest BCUT2D eigenvalue weighted by Gasteiger charge is -2.32. The summed E-state index contributed by atoms with van der Waals surface area (Å²) in [6.45, 7) is 6.13. The molecule has 1 saturated heterocycles. The van der Waals surface area contributed by atoms with Gasteiger partial charge in [-0.2, -0.15) is 0 Å². The molecule has 1 aliphatic rings. The van der Waals surface area contributed by atoms with E-state index in [0.29, 0.717) is 0 Å². The first-order valence-corrected chi connectivity index (χ1v) is 8.19. The van der Waals surface area contributed by atoms with E-state index in [9.17, 15) is 4.79 Å². The van der Waals surface area contributed by atoms with E-state index in [1.165, 1.54) is 6.42 Å². The number of aliphatic hydroxyl groups is 1. The highest BCUT2D eigenvalue weighted by Gasteiger charge is 2.27. The van der Waals surface area contributed by atoms with Gasteiger partial charge in [-0.1, -0.05) is 0 Å². The van der Waals surface area contributed by atoms with Gasteiger partial charge < -0.3 is 14.6 Å². The van der Waals surface area contributed by atoms with Gasteiger partial charge in [0.05, 0.1) is 0 Å². The SMILES string of the molecule is Cc1ccc(C)n1[C@@H](CCCCO)C(=O)N1CCCCC1. The first-order valence-electron chi connectivity index (χ1n) is 8.19. The zero-order valence-corrected chi connectivity index (χ0v) is 13.3. The van der Waals surface area contributed by atoms with Crippen LogP contribution in [0, 0.1) is 13.8 Å². The van der Waals surface area contributed by atoms with Crippen molar-refractivity contribution in [2.24, 2.45) is 0 Å². The van der Waals surface area contributed by atoms with E-state index in [1.54, 1.807) is 0 Å². The number of aromatic nitrogens is 1. The highest BCUT2D eigenvalue weighted by Crippen LogP contribution is 2.25. The van der Waals surface area contributed by atoms with Crippen LogP contribution >= 0.6 is 0 Å². The number of rotatable bonds is 6. The summed E-state index contributed by atoms with van der Waals surface area (Å²) in [7, 11) is 0. The quantitative estimate of drug-likeness (QED) is 0.820. The zero-order chi connectivity index (χ0) is 15.2. The van der Waals surface area contributed by atoms with Gasteiger partial charge in [-0.3, -0.25) is 4.79 Å². The Morgan fingerprint density at radius 1 is 1.14 bits per heavy atom. The number of unbranched alkanes of at least 4 members (excludes halogenated alkanes) is 1. The third-order valence-corrected chi connectivity index (χ3v) is 4.48. The van der Waals surface area contributed by atoms with Gasteiger partial charge in [0, 0.05) is 31.1 Å². The molecule has 4 heteroatoms. The van der Waals surface area contributed by atoms with Crippen molar-refractivity contribution >= 4 is 5.91 Å². The molecule has 0 unspecified atom stereocenters. The molecular weight excluding hydrogens is 264 g/mol. The van der Waals surface area contributed by atoms with Crippen molar-refractivity contribution in [2.75, 3.05) is 19.7 Å². The van der Waals surface area contributed by atoms with Crippen LogP contribution in [0.3, 0.4) is 0 Å². The molecule has 1 aromatic rings. The second kappa shape index (κ2) is 7.64. The van der Waals surface area contributed by atoms with Gasteiger partial charge in [-0.05, 0) is 64.5 Å². The number of nitrogens with zero attached hydrogens (tertiary/aromatic N) is 2. The predicted molar refractivity (Wildman–Crippen MR) is 84.3 cm³/mol. The van der Waals surface area contributed by atoms with Gasteiger partial charge in [0.2, 0.25) is 5.91 Å². The molecule has 1 aliphatic heterocycles. The van der Waals surface area contributed by atoms with Gasteiger partial charge >= 0.3 is 0 Å². The summed E-state index contributed by atoms with van der Waals surface area (Å²) < 4.78 is 2.17. The molecule has 0 saturated carbocycles. The van der Waals surface area contributed by atoms with E-state index in [0.717, 1.165) is 56.6 Å². The number of carbonyl (C=O) groups excluding carboxylic acids is 1. The van der Waals surface area contributed by atoms with Crippen molar-refractivity contribution in [1.82, 2.24) is 9.47 Å². The number of likely N-dealkylation sites (tertiary alicyclic amines) is 1. The van der Waals surface area contributed by atoms with Crippen molar-refractivity contribution in [2.45, 2.75) is 58.4 Å². The van der Waals surface area contributed by atoms with Crippen molar-refractivity contribution < 1.29 is 9.90 Å². The zero-order valence-electron chi connectivity index (χ0n) is 13.3. The van der Waals surface area contributed by atoms with Crippen molar-refractivity contribution in [3.8, 4) is 0 Å². The van der Waals surface area contributed by atoms with Gasteiger partial charge in [-0.25, -0.2) is 0 Å². The molecule has 1 atom stereocenters. The van der Waals surface area contributed by atoms with Crippen LogP contribution in [0.4, 0.5) is 0 Å². The standard InChI is InChI=1S/C17H28N2O2/c1-14-9-10-15(2)19(14)16(8-4-7-13-20)17(21)18-11-5-3-6-12-18/h9-10,16,20H,3-8,11-13H2,1-2H3/t16-/m0/s1. The van der Waals surface area contributed by atoms with Crippen LogP contribution in [0.1, 0.15) is 56.0 Å². The molecule has 0 bridgehead atoms. The number of piperidine rings is 1. The average molecular weight is 292 g/mol. The summed E-state index contributed by atoms with van der Waals surface area (Å²) in [6.07, 6.45) is 5.95. The molecule has 4 nitrogen and oxygen atoms in total. The molecule has 0 aromatic carbocycles. The molecule has 1 N–H and O–H groups in total. The number of carbonyl (C=O) groups is 1. The third kappa shape index (κ3) is 3.88. The van der Waals surface area contributed by atoms with Gasteiger partial charge in [0.25, 0.3) is 0 Å². The lowest BCUT2D eigenvalue weighted by atomic mass is 10.0. The second-order valence-electron chi connectivity index (χ2n) is 6.11. The number of aryl methyl sites for hydroxylation is 2. The van der Waals surface area contributed by atoms with Crippen LogP contribution in [0.5, 0.6) is 0 Å². The first-order chi connectivity index (χ1) is 10.1. The maximum atomic E-state index is 12.9. The summed E-state index contributed by atoms with van der Waals surface area (Å²) in [5.74, 6) is 0.259. The van der Waals surface area contributed by atoms with Crippen molar-refractivity contribution in [3.05, 3.63) is 23.5 Å². The molecule has 118 valence electrons. The maximum absolute atomic E-state index is 12.9. The largest absolute Gasteiger partial charge is 0.396 e. The van der Waals surface area contributed by atoms with Crippen LogP contribution < -0.4 is 0 Å². The van der Waals surface area contributed by atoms with Crippen molar-refractivity contribution in [3.63, 3.8) is 0 Å². The summed E-state index contributed by atoms with van der Waals surface area (Å²) in [4.78, 5) is 15.0. The Labute approximate surface area is 127 Å². The molecule has 1 fully saturated rings. The number of aliphatic hydroxyl groups excluding tert-OH is 1. The summed E-state index contributed by atoms with van der Waals surface area (Å²) >= 11 is 0. The number of hydrogen-bond donors (Lipinski definition) is 1. The number of amides is 1. The smallest absolute Gasteiger partial charge is 0.245 e. The van der Waals surface area contributed by atoms with Gasteiger partial charge in [-0.15, -0.1) is 0 Å². The normalized spacial score (nSPS) is 17.0. The molecule has 0 aliphatic carbocycles. The van der Waals surface area contributed by atoms with Crippen LogP contribution in [0.2, 0.25) is 0 Å². The minimum atomic E-state index is -0.107. The van der Waals surface area contributed by atoms with Gasteiger partial charge in [0.15, 0.2) is 0 Å². The molecule has 21 heavy (non-hydrogen) atoms. The highest BCUT2D eigenvalue weighted by atomic mass is 16.2. The van der Waals surface area contributed by atoms with Crippen LogP contribution in [0.15, 0.2) is 12.1 Å². The summed E-state index contributed by atoms with van der Waals surface area (Å²) in [5, 5.41) is 9.00. The minimum Gasteiger partial charge on any atom is -0.396 e. The molecule has 1 aromatic heterocycles. The Morgan fingerprint density at radius 2 is 1.76 bits per heavy atom. The van der Waals surface area contributed by atoms with E-state index in [1.807, 2.05) is 4.90 Å². The van der Waals surface area contributed by atoms with E-state index >= 15 is 0 Å². The van der Waals surface area contributed by atoms with Gasteiger partial charge in [0.1, 0.15) is 6.04 Å². The Kier molecular flexibility index (Phi) is 5.85. The predicted octanol–water partition coefficient (Wildman–Crippen LogP) is 2.82. The lowest BCUT2D eigenvalue weighted by molar-refractivity contribution is -0.136. The Balaban J connectivity index is 2.16. The number of hydrogen-bond acceptors (Lipinski definition) is 2. The average Bonchev–Trinajstić information content (AvgIpc) is 2.84.